The van der Waals surface area contributed by atoms with E-state index in [1.807, 2.05) is 0 Å². The molecule has 0 saturated heterocycles. The molecule has 27 heavy (non-hydrogen) atoms. The molecule has 0 saturated carbocycles. The first-order valence-electron chi connectivity index (χ1n) is 7.65. The number of alkyl halides is 3. The van der Waals surface area contributed by atoms with Gasteiger partial charge in [0.15, 0.2) is 6.61 Å². The van der Waals surface area contributed by atoms with Crippen molar-refractivity contribution in [2.75, 3.05) is 20.3 Å². The van der Waals surface area contributed by atoms with Gasteiger partial charge in [-0.25, -0.2) is 4.98 Å². The van der Waals surface area contributed by atoms with Crippen molar-refractivity contribution in [1.29, 1.82) is 0 Å². The number of pyridine rings is 1. The summed E-state index contributed by atoms with van der Waals surface area (Å²) in [6.07, 6.45) is -4.46. The van der Waals surface area contributed by atoms with Crippen LogP contribution < -0.4 is 14.8 Å². The largest absolute Gasteiger partial charge is 0.497 e. The maximum absolute atomic E-state index is 12.1. The Morgan fingerprint density at radius 1 is 1.33 bits per heavy atom. The zero-order valence-corrected chi connectivity index (χ0v) is 14.8. The van der Waals surface area contributed by atoms with Gasteiger partial charge in [0, 0.05) is 12.7 Å². The number of halogens is 4. The molecule has 0 aliphatic heterocycles. The lowest BCUT2D eigenvalue weighted by molar-refractivity contribution is -0.154. The summed E-state index contributed by atoms with van der Waals surface area (Å²) < 4.78 is 45.9. The highest BCUT2D eigenvalue weighted by atomic mass is 35.5. The molecule has 6 nitrogen and oxygen atoms in total. The number of ether oxygens (including phenoxy) is 2. The lowest BCUT2D eigenvalue weighted by atomic mass is 10.1. The van der Waals surface area contributed by atoms with Crippen molar-refractivity contribution in [2.24, 2.45) is 0 Å². The number of aromatic nitrogens is 1. The first kappa shape index (κ1) is 20.8. The molecule has 1 aromatic carbocycles. The van der Waals surface area contributed by atoms with Crippen molar-refractivity contribution in [3.05, 3.63) is 52.7 Å². The maximum atomic E-state index is 12.1. The smallest absolute Gasteiger partial charge is 0.422 e. The van der Waals surface area contributed by atoms with Crippen LogP contribution in [0.15, 0.2) is 36.5 Å². The molecule has 0 aliphatic carbocycles. The minimum absolute atomic E-state index is 0.0151. The van der Waals surface area contributed by atoms with Gasteiger partial charge in [-0.2, -0.15) is 13.2 Å². The molecule has 1 amide bonds. The predicted molar refractivity (Wildman–Crippen MR) is 91.1 cm³/mol. The summed E-state index contributed by atoms with van der Waals surface area (Å²) >= 11 is 5.79. The molecule has 0 fully saturated rings. The third kappa shape index (κ3) is 6.30. The second-order valence-electron chi connectivity index (χ2n) is 5.41. The molecule has 1 atom stereocenters. The van der Waals surface area contributed by atoms with Gasteiger partial charge in [-0.1, -0.05) is 23.7 Å². The number of nitrogens with one attached hydrogen (secondary N) is 1. The molecule has 0 bridgehead atoms. The van der Waals surface area contributed by atoms with Gasteiger partial charge in [0.25, 0.3) is 5.91 Å². The molecule has 1 heterocycles. The van der Waals surface area contributed by atoms with Crippen LogP contribution in [0, 0.1) is 0 Å². The van der Waals surface area contributed by atoms with Gasteiger partial charge in [-0.05, 0) is 23.8 Å². The molecule has 1 aromatic heterocycles. The van der Waals surface area contributed by atoms with Gasteiger partial charge in [-0.15, -0.1) is 0 Å². The van der Waals surface area contributed by atoms with Gasteiger partial charge < -0.3 is 19.9 Å². The molecule has 2 N–H and O–H groups in total. The van der Waals surface area contributed by atoms with Crippen LogP contribution in [-0.4, -0.2) is 42.4 Å². The maximum Gasteiger partial charge on any atom is 0.422 e. The number of hydrogen-bond donors (Lipinski definition) is 2. The number of nitrogens with zero attached hydrogens (tertiary/aromatic N) is 1. The Morgan fingerprint density at radius 2 is 2.00 bits per heavy atom. The van der Waals surface area contributed by atoms with E-state index >= 15 is 0 Å². The Balaban J connectivity index is 1.94. The number of carbonyl (C=O) groups is 1. The van der Waals surface area contributed by atoms with Gasteiger partial charge in [-0.3, -0.25) is 4.79 Å². The Bertz CT molecular complexity index is 785. The van der Waals surface area contributed by atoms with Crippen LogP contribution in [0.25, 0.3) is 0 Å². The Hall–Kier alpha value is -2.52. The van der Waals surface area contributed by atoms with Gasteiger partial charge in [0.05, 0.1) is 18.8 Å². The average molecular weight is 405 g/mol. The third-order valence-electron chi connectivity index (χ3n) is 3.40. The Labute approximate surface area is 157 Å². The molecule has 2 rings (SSSR count). The lowest BCUT2D eigenvalue weighted by Gasteiger charge is -2.13. The highest BCUT2D eigenvalue weighted by molar-refractivity contribution is 6.32. The first-order chi connectivity index (χ1) is 12.7. The van der Waals surface area contributed by atoms with Crippen molar-refractivity contribution in [3.63, 3.8) is 0 Å². The van der Waals surface area contributed by atoms with Crippen LogP contribution in [0.2, 0.25) is 5.02 Å². The number of methoxy groups -OCH3 is 1. The van der Waals surface area contributed by atoms with Crippen LogP contribution in [-0.2, 0) is 0 Å². The molecule has 2 aromatic rings. The molecule has 0 aliphatic rings. The number of rotatable bonds is 7. The summed E-state index contributed by atoms with van der Waals surface area (Å²) in [6.45, 7) is -1.63. The summed E-state index contributed by atoms with van der Waals surface area (Å²) in [5, 5.41) is 12.4. The van der Waals surface area contributed by atoms with Crippen molar-refractivity contribution < 1.29 is 32.5 Å². The topological polar surface area (TPSA) is 80.7 Å². The standard InChI is InChI=1S/C17H16ClF3N2O4/c1-26-12-4-2-10(3-5-12)14(24)8-22-15(25)11-6-13(18)16(23-7-11)27-9-17(19,20)21/h2-7,14,24H,8-9H2,1H3,(H,22,25). The summed E-state index contributed by atoms with van der Waals surface area (Å²) in [5.41, 5.74) is 0.587. The van der Waals surface area contributed by atoms with E-state index in [4.69, 9.17) is 16.3 Å². The highest BCUT2D eigenvalue weighted by Crippen LogP contribution is 2.25. The second kappa shape index (κ2) is 8.92. The minimum Gasteiger partial charge on any atom is -0.497 e. The van der Waals surface area contributed by atoms with Crippen LogP contribution in [0.4, 0.5) is 13.2 Å². The second-order valence-corrected chi connectivity index (χ2v) is 5.82. The van der Waals surface area contributed by atoms with Crippen LogP contribution in [0.3, 0.4) is 0 Å². The minimum atomic E-state index is -4.53. The van der Waals surface area contributed by atoms with E-state index in [1.54, 1.807) is 24.3 Å². The fourth-order valence-corrected chi connectivity index (χ4v) is 2.26. The van der Waals surface area contributed by atoms with E-state index in [-0.39, 0.29) is 17.1 Å². The van der Waals surface area contributed by atoms with Gasteiger partial charge in [0.1, 0.15) is 10.8 Å². The molecule has 1 unspecified atom stereocenters. The van der Waals surface area contributed by atoms with Crippen molar-refractivity contribution in [2.45, 2.75) is 12.3 Å². The fourth-order valence-electron chi connectivity index (χ4n) is 2.04. The number of aliphatic hydroxyl groups is 1. The predicted octanol–water partition coefficient (Wildman–Crippen LogP) is 3.15. The molecule has 146 valence electrons. The zero-order chi connectivity index (χ0) is 20.0. The summed E-state index contributed by atoms with van der Waals surface area (Å²) in [4.78, 5) is 15.7. The van der Waals surface area contributed by atoms with Crippen molar-refractivity contribution >= 4 is 17.5 Å². The zero-order valence-electron chi connectivity index (χ0n) is 14.1. The first-order valence-corrected chi connectivity index (χ1v) is 8.02. The third-order valence-corrected chi connectivity index (χ3v) is 3.67. The number of benzene rings is 1. The van der Waals surface area contributed by atoms with Crippen LogP contribution >= 0.6 is 11.6 Å². The van der Waals surface area contributed by atoms with E-state index < -0.39 is 30.7 Å². The van der Waals surface area contributed by atoms with Crippen LogP contribution in [0.5, 0.6) is 11.6 Å². The van der Waals surface area contributed by atoms with E-state index in [0.717, 1.165) is 12.3 Å². The van der Waals surface area contributed by atoms with Gasteiger partial charge >= 0.3 is 6.18 Å². The lowest BCUT2D eigenvalue weighted by Crippen LogP contribution is -2.28. The molecule has 10 heteroatoms. The van der Waals surface area contributed by atoms with E-state index in [2.05, 4.69) is 15.0 Å². The quantitative estimate of drug-likeness (QED) is 0.741. The Kier molecular flexibility index (Phi) is 6.86. The number of carbonyl (C=O) groups excluding carboxylic acids is 1. The molecular weight excluding hydrogens is 389 g/mol. The van der Waals surface area contributed by atoms with Gasteiger partial charge in [0.2, 0.25) is 5.88 Å². The van der Waals surface area contributed by atoms with Crippen molar-refractivity contribution in [1.82, 2.24) is 10.3 Å². The van der Waals surface area contributed by atoms with E-state index in [9.17, 15) is 23.1 Å². The Morgan fingerprint density at radius 3 is 2.56 bits per heavy atom. The fraction of sp³-hybridized carbons (Fsp3) is 0.294. The molecule has 0 spiro atoms. The highest BCUT2D eigenvalue weighted by Gasteiger charge is 2.29. The molecule has 0 radical (unpaired) electrons. The van der Waals surface area contributed by atoms with Crippen molar-refractivity contribution in [3.8, 4) is 11.6 Å². The summed E-state index contributed by atoms with van der Waals surface area (Å²) in [5.74, 6) is -0.397. The molecular formula is C17H16ClF3N2O4. The van der Waals surface area contributed by atoms with E-state index in [0.29, 0.717) is 11.3 Å². The summed E-state index contributed by atoms with van der Waals surface area (Å²) in [7, 11) is 1.52. The number of amides is 1. The summed E-state index contributed by atoms with van der Waals surface area (Å²) in [6, 6.07) is 7.78. The number of aliphatic hydroxyl groups excluding tert-OH is 1. The SMILES string of the molecule is COc1ccc(C(O)CNC(=O)c2cnc(OCC(F)(F)F)c(Cl)c2)cc1. The number of hydrogen-bond acceptors (Lipinski definition) is 5. The monoisotopic (exact) mass is 404 g/mol. The average Bonchev–Trinajstić information content (AvgIpc) is 2.64. The van der Waals surface area contributed by atoms with E-state index in [1.165, 1.54) is 7.11 Å². The van der Waals surface area contributed by atoms with Crippen LogP contribution in [0.1, 0.15) is 22.0 Å². The normalized spacial score (nSPS) is 12.4.